The quantitative estimate of drug-likeness (QED) is 0.786. The van der Waals surface area contributed by atoms with Crippen LogP contribution >= 0.6 is 11.6 Å². The number of nitrogens with zero attached hydrogens (tertiary/aromatic N) is 1. The molecule has 0 N–H and O–H groups in total. The van der Waals surface area contributed by atoms with Crippen LogP contribution < -0.4 is 0 Å². The van der Waals surface area contributed by atoms with Gasteiger partial charge in [0.25, 0.3) is 11.8 Å². The van der Waals surface area contributed by atoms with E-state index in [-0.39, 0.29) is 11.8 Å². The SMILES string of the molecule is CCCN1C(=O)c2cccc3c(Cl)ccc(c23)C1=O. The molecule has 1 aliphatic rings. The minimum absolute atomic E-state index is 0.229. The van der Waals surface area contributed by atoms with Gasteiger partial charge in [0, 0.05) is 33.5 Å². The van der Waals surface area contributed by atoms with Crippen molar-refractivity contribution < 1.29 is 9.59 Å². The Hall–Kier alpha value is -1.87. The number of hydrogen-bond acceptors (Lipinski definition) is 2. The van der Waals surface area contributed by atoms with Crippen molar-refractivity contribution in [3.05, 3.63) is 46.5 Å². The molecule has 0 radical (unpaired) electrons. The monoisotopic (exact) mass is 273 g/mol. The van der Waals surface area contributed by atoms with Gasteiger partial charge in [0.2, 0.25) is 0 Å². The lowest BCUT2D eigenvalue weighted by atomic mass is 9.94. The minimum Gasteiger partial charge on any atom is -0.274 e. The molecule has 3 nitrogen and oxygen atoms in total. The average molecular weight is 274 g/mol. The van der Waals surface area contributed by atoms with Crippen LogP contribution in [-0.4, -0.2) is 23.3 Å². The molecule has 96 valence electrons. The maximum Gasteiger partial charge on any atom is 0.261 e. The molecule has 19 heavy (non-hydrogen) atoms. The molecule has 0 spiro atoms. The van der Waals surface area contributed by atoms with E-state index in [2.05, 4.69) is 0 Å². The zero-order valence-corrected chi connectivity index (χ0v) is 11.2. The third-order valence-electron chi connectivity index (χ3n) is 3.39. The molecule has 2 aromatic carbocycles. The van der Waals surface area contributed by atoms with Crippen LogP contribution in [0.4, 0.5) is 0 Å². The standard InChI is InChI=1S/C15H12ClNO2/c1-2-8-17-14(18)10-5-3-4-9-12(16)7-6-11(13(9)10)15(17)19/h3-7H,2,8H2,1H3. The zero-order chi connectivity index (χ0) is 13.6. The molecule has 4 heteroatoms. The van der Waals surface area contributed by atoms with Crippen molar-refractivity contribution in [3.63, 3.8) is 0 Å². The van der Waals surface area contributed by atoms with Crippen LogP contribution in [0.5, 0.6) is 0 Å². The first-order chi connectivity index (χ1) is 9.15. The molecular weight excluding hydrogens is 262 g/mol. The third-order valence-corrected chi connectivity index (χ3v) is 3.72. The van der Waals surface area contributed by atoms with Gasteiger partial charge in [-0.3, -0.25) is 14.5 Å². The van der Waals surface area contributed by atoms with Gasteiger partial charge in [0.05, 0.1) is 0 Å². The summed E-state index contributed by atoms with van der Waals surface area (Å²) in [7, 11) is 0. The van der Waals surface area contributed by atoms with E-state index < -0.39 is 0 Å². The molecule has 2 amide bonds. The highest BCUT2D eigenvalue weighted by molar-refractivity contribution is 6.38. The first-order valence-corrected chi connectivity index (χ1v) is 6.60. The fourth-order valence-corrected chi connectivity index (χ4v) is 2.76. The summed E-state index contributed by atoms with van der Waals surface area (Å²) in [5, 5.41) is 2.00. The Morgan fingerprint density at radius 3 is 2.42 bits per heavy atom. The fraction of sp³-hybridized carbons (Fsp3) is 0.200. The number of amides is 2. The summed E-state index contributed by atoms with van der Waals surface area (Å²) in [6.07, 6.45) is 0.746. The number of rotatable bonds is 2. The Labute approximate surface area is 115 Å². The van der Waals surface area contributed by atoms with E-state index in [0.717, 1.165) is 11.8 Å². The highest BCUT2D eigenvalue weighted by Gasteiger charge is 2.32. The molecular formula is C15H12ClNO2. The summed E-state index contributed by atoms with van der Waals surface area (Å²) < 4.78 is 0. The number of benzene rings is 2. The topological polar surface area (TPSA) is 37.4 Å². The summed E-state index contributed by atoms with van der Waals surface area (Å²) >= 11 is 6.14. The molecule has 3 rings (SSSR count). The molecule has 0 aromatic heterocycles. The molecule has 0 saturated heterocycles. The van der Waals surface area contributed by atoms with Crippen LogP contribution in [0.15, 0.2) is 30.3 Å². The fourth-order valence-electron chi connectivity index (χ4n) is 2.54. The van der Waals surface area contributed by atoms with Gasteiger partial charge >= 0.3 is 0 Å². The maximum atomic E-state index is 12.4. The minimum atomic E-state index is -0.229. The normalized spacial score (nSPS) is 14.3. The van der Waals surface area contributed by atoms with Crippen molar-refractivity contribution in [1.29, 1.82) is 0 Å². The van der Waals surface area contributed by atoms with Gasteiger partial charge in [-0.05, 0) is 24.6 Å². The van der Waals surface area contributed by atoms with Crippen LogP contribution in [0.25, 0.3) is 10.8 Å². The molecule has 0 fully saturated rings. The molecule has 0 aliphatic carbocycles. The van der Waals surface area contributed by atoms with Gasteiger partial charge in [-0.2, -0.15) is 0 Å². The molecule has 0 unspecified atom stereocenters. The van der Waals surface area contributed by atoms with E-state index in [1.54, 1.807) is 24.3 Å². The number of halogens is 1. The summed E-state index contributed by atoms with van der Waals surface area (Å²) in [5.41, 5.74) is 1.12. The second-order valence-corrected chi connectivity index (χ2v) is 4.99. The van der Waals surface area contributed by atoms with E-state index in [1.165, 1.54) is 4.90 Å². The van der Waals surface area contributed by atoms with Gasteiger partial charge in [0.1, 0.15) is 0 Å². The third kappa shape index (κ3) is 1.65. The highest BCUT2D eigenvalue weighted by Crippen LogP contribution is 2.33. The van der Waals surface area contributed by atoms with Crippen LogP contribution in [0.3, 0.4) is 0 Å². The number of carbonyl (C=O) groups excluding carboxylic acids is 2. The van der Waals surface area contributed by atoms with Crippen LogP contribution in [0.1, 0.15) is 34.1 Å². The lowest BCUT2D eigenvalue weighted by molar-refractivity contribution is 0.0611. The van der Waals surface area contributed by atoms with Crippen molar-refractivity contribution in [2.75, 3.05) is 6.54 Å². The van der Waals surface area contributed by atoms with Crippen LogP contribution in [0, 0.1) is 0 Å². The van der Waals surface area contributed by atoms with Crippen LogP contribution in [0.2, 0.25) is 5.02 Å². The first-order valence-electron chi connectivity index (χ1n) is 6.22. The van der Waals surface area contributed by atoms with Crippen molar-refractivity contribution in [3.8, 4) is 0 Å². The first kappa shape index (κ1) is 12.2. The van der Waals surface area contributed by atoms with Gasteiger partial charge in [-0.1, -0.05) is 30.7 Å². The predicted octanol–water partition coefficient (Wildman–Crippen LogP) is 3.50. The van der Waals surface area contributed by atoms with E-state index in [9.17, 15) is 9.59 Å². The zero-order valence-electron chi connectivity index (χ0n) is 10.4. The van der Waals surface area contributed by atoms with Crippen molar-refractivity contribution in [2.45, 2.75) is 13.3 Å². The second-order valence-electron chi connectivity index (χ2n) is 4.59. The maximum absolute atomic E-state index is 12.4. The van der Waals surface area contributed by atoms with Gasteiger partial charge in [0.15, 0.2) is 0 Å². The lowest BCUT2D eigenvalue weighted by Crippen LogP contribution is -2.40. The van der Waals surface area contributed by atoms with Crippen molar-refractivity contribution >= 4 is 34.2 Å². The lowest BCUT2D eigenvalue weighted by Gasteiger charge is -2.27. The Morgan fingerprint density at radius 2 is 1.74 bits per heavy atom. The summed E-state index contributed by atoms with van der Waals surface area (Å²) in [5.74, 6) is -0.459. The van der Waals surface area contributed by atoms with E-state index in [1.807, 2.05) is 13.0 Å². The Balaban J connectivity index is 2.35. The summed E-state index contributed by atoms with van der Waals surface area (Å²) in [6.45, 7) is 2.38. The van der Waals surface area contributed by atoms with Gasteiger partial charge in [-0.15, -0.1) is 0 Å². The van der Waals surface area contributed by atoms with E-state index in [0.29, 0.717) is 28.1 Å². The van der Waals surface area contributed by atoms with E-state index in [4.69, 9.17) is 11.6 Å². The number of carbonyl (C=O) groups is 2. The smallest absolute Gasteiger partial charge is 0.261 e. The average Bonchev–Trinajstić information content (AvgIpc) is 2.42. The molecule has 1 aliphatic heterocycles. The Morgan fingerprint density at radius 1 is 1.05 bits per heavy atom. The molecule has 2 aromatic rings. The van der Waals surface area contributed by atoms with Crippen molar-refractivity contribution in [1.82, 2.24) is 4.90 Å². The molecule has 1 heterocycles. The largest absolute Gasteiger partial charge is 0.274 e. The highest BCUT2D eigenvalue weighted by atomic mass is 35.5. The Bertz CT molecular complexity index is 686. The van der Waals surface area contributed by atoms with Gasteiger partial charge in [-0.25, -0.2) is 0 Å². The van der Waals surface area contributed by atoms with Crippen molar-refractivity contribution in [2.24, 2.45) is 0 Å². The molecule has 0 saturated carbocycles. The second kappa shape index (κ2) is 4.35. The van der Waals surface area contributed by atoms with E-state index >= 15 is 0 Å². The number of imide groups is 1. The Kier molecular flexibility index (Phi) is 2.79. The molecule has 0 bridgehead atoms. The summed E-state index contributed by atoms with van der Waals surface area (Å²) in [4.78, 5) is 26.1. The predicted molar refractivity (Wildman–Crippen MR) is 74.6 cm³/mol. The molecule has 0 atom stereocenters. The number of hydrogen-bond donors (Lipinski definition) is 0. The summed E-state index contributed by atoms with van der Waals surface area (Å²) in [6, 6.07) is 8.79. The van der Waals surface area contributed by atoms with Crippen LogP contribution in [-0.2, 0) is 0 Å². The van der Waals surface area contributed by atoms with Gasteiger partial charge < -0.3 is 0 Å².